The highest BCUT2D eigenvalue weighted by Gasteiger charge is 2.47. The number of nitrogens with one attached hydrogen (secondary N) is 1. The molecule has 2 heteroatoms. The zero-order chi connectivity index (χ0) is 10.2. The Hall–Kier alpha value is -0.0800. The van der Waals surface area contributed by atoms with Gasteiger partial charge in [-0.15, -0.1) is 0 Å². The van der Waals surface area contributed by atoms with E-state index < -0.39 is 0 Å². The van der Waals surface area contributed by atoms with Gasteiger partial charge in [-0.05, 0) is 31.6 Å². The predicted octanol–water partition coefficient (Wildman–Crippen LogP) is 2.07. The van der Waals surface area contributed by atoms with Crippen LogP contribution in [0.3, 0.4) is 0 Å². The van der Waals surface area contributed by atoms with E-state index in [1.807, 2.05) is 0 Å². The minimum Gasteiger partial charge on any atom is -0.392 e. The Balaban J connectivity index is 1.89. The Morgan fingerprint density at radius 2 is 1.86 bits per heavy atom. The molecule has 82 valence electrons. The van der Waals surface area contributed by atoms with Gasteiger partial charge in [0.1, 0.15) is 0 Å². The third-order valence-corrected chi connectivity index (χ3v) is 4.10. The van der Waals surface area contributed by atoms with Gasteiger partial charge in [-0.1, -0.05) is 26.7 Å². The van der Waals surface area contributed by atoms with Gasteiger partial charge in [-0.3, -0.25) is 0 Å². The molecule has 2 aliphatic rings. The molecular weight excluding hydrogens is 174 g/mol. The number of aliphatic hydroxyl groups excluding tert-OH is 1. The van der Waals surface area contributed by atoms with E-state index in [0.29, 0.717) is 17.5 Å². The lowest BCUT2D eigenvalue weighted by Gasteiger charge is -2.34. The molecule has 2 nitrogen and oxygen atoms in total. The van der Waals surface area contributed by atoms with Gasteiger partial charge in [0.25, 0.3) is 0 Å². The first kappa shape index (κ1) is 10.4. The molecule has 0 radical (unpaired) electrons. The van der Waals surface area contributed by atoms with E-state index in [0.717, 1.165) is 12.8 Å². The first-order chi connectivity index (χ1) is 6.64. The molecule has 0 saturated heterocycles. The van der Waals surface area contributed by atoms with E-state index in [4.69, 9.17) is 0 Å². The van der Waals surface area contributed by atoms with Crippen molar-refractivity contribution in [3.63, 3.8) is 0 Å². The topological polar surface area (TPSA) is 32.3 Å². The Morgan fingerprint density at radius 3 is 2.36 bits per heavy atom. The fourth-order valence-corrected chi connectivity index (χ4v) is 2.67. The highest BCUT2D eigenvalue weighted by Crippen LogP contribution is 2.43. The van der Waals surface area contributed by atoms with E-state index >= 15 is 0 Å². The van der Waals surface area contributed by atoms with Gasteiger partial charge in [0, 0.05) is 11.6 Å². The van der Waals surface area contributed by atoms with Crippen LogP contribution >= 0.6 is 0 Å². The molecule has 2 rings (SSSR count). The van der Waals surface area contributed by atoms with Crippen molar-refractivity contribution in [1.82, 2.24) is 5.32 Å². The Labute approximate surface area is 87.1 Å². The zero-order valence-corrected chi connectivity index (χ0v) is 9.42. The number of rotatable bonds is 3. The summed E-state index contributed by atoms with van der Waals surface area (Å²) in [4.78, 5) is 0. The third kappa shape index (κ3) is 1.96. The normalized spacial score (nSPS) is 36.0. The monoisotopic (exact) mass is 197 g/mol. The van der Waals surface area contributed by atoms with E-state index in [1.54, 1.807) is 0 Å². The van der Waals surface area contributed by atoms with Crippen molar-refractivity contribution >= 4 is 0 Å². The fourth-order valence-electron chi connectivity index (χ4n) is 2.67. The first-order valence-electron chi connectivity index (χ1n) is 6.10. The molecule has 14 heavy (non-hydrogen) atoms. The molecule has 0 aliphatic heterocycles. The summed E-state index contributed by atoms with van der Waals surface area (Å²) in [5, 5.41) is 13.6. The van der Waals surface area contributed by atoms with Crippen molar-refractivity contribution in [3.8, 4) is 0 Å². The van der Waals surface area contributed by atoms with Crippen LogP contribution in [0, 0.1) is 5.92 Å². The van der Waals surface area contributed by atoms with Crippen molar-refractivity contribution < 1.29 is 5.11 Å². The molecule has 2 atom stereocenters. The molecule has 2 saturated carbocycles. The lowest BCUT2D eigenvalue weighted by molar-refractivity contribution is 0.0781. The van der Waals surface area contributed by atoms with Gasteiger partial charge in [0.15, 0.2) is 0 Å². The number of hydrogen-bond donors (Lipinski definition) is 2. The number of hydrogen-bond acceptors (Lipinski definition) is 2. The number of aliphatic hydroxyl groups is 1. The summed E-state index contributed by atoms with van der Waals surface area (Å²) in [5.74, 6) is 0.705. The Kier molecular flexibility index (Phi) is 2.85. The highest BCUT2D eigenvalue weighted by molar-refractivity contribution is 5.06. The molecule has 0 aromatic carbocycles. The standard InChI is InChI=1S/C12H23NO/c1-9(2)12(7-8-12)13-10-5-3-4-6-11(10)14/h9-11,13-14H,3-8H2,1-2H3/t10-,11-/m1/s1. The second kappa shape index (κ2) is 3.82. The van der Waals surface area contributed by atoms with Crippen molar-refractivity contribution in [1.29, 1.82) is 0 Å². The van der Waals surface area contributed by atoms with E-state index in [-0.39, 0.29) is 6.10 Å². The van der Waals surface area contributed by atoms with Crippen LogP contribution in [0.4, 0.5) is 0 Å². The maximum absolute atomic E-state index is 9.88. The second-order valence-electron chi connectivity index (χ2n) is 5.41. The molecule has 0 aromatic rings. The maximum atomic E-state index is 9.88. The average Bonchev–Trinajstić information content (AvgIpc) is 2.90. The van der Waals surface area contributed by atoms with Crippen LogP contribution in [0.15, 0.2) is 0 Å². The molecule has 0 amide bonds. The van der Waals surface area contributed by atoms with E-state index in [9.17, 15) is 5.11 Å². The van der Waals surface area contributed by atoms with Crippen molar-refractivity contribution in [2.24, 2.45) is 5.92 Å². The summed E-state index contributed by atoms with van der Waals surface area (Å²) in [6, 6.07) is 0.369. The maximum Gasteiger partial charge on any atom is 0.0693 e. The van der Waals surface area contributed by atoms with Crippen LogP contribution in [0.1, 0.15) is 52.4 Å². The summed E-state index contributed by atoms with van der Waals surface area (Å²) >= 11 is 0. The smallest absolute Gasteiger partial charge is 0.0693 e. The summed E-state index contributed by atoms with van der Waals surface area (Å²) in [7, 11) is 0. The fraction of sp³-hybridized carbons (Fsp3) is 1.00. The molecule has 0 aromatic heterocycles. The molecule has 0 bridgehead atoms. The molecule has 0 unspecified atom stereocenters. The van der Waals surface area contributed by atoms with Gasteiger partial charge < -0.3 is 10.4 Å². The molecule has 2 aliphatic carbocycles. The summed E-state index contributed by atoms with van der Waals surface area (Å²) in [6.07, 6.45) is 7.14. The Bertz CT molecular complexity index is 198. The first-order valence-corrected chi connectivity index (χ1v) is 6.10. The van der Waals surface area contributed by atoms with Crippen molar-refractivity contribution in [2.45, 2.75) is 70.1 Å². The van der Waals surface area contributed by atoms with Gasteiger partial charge in [0.2, 0.25) is 0 Å². The molecule has 2 N–H and O–H groups in total. The molecule has 0 heterocycles. The van der Waals surface area contributed by atoms with Gasteiger partial charge in [-0.2, -0.15) is 0 Å². The summed E-state index contributed by atoms with van der Waals surface area (Å²) in [5.41, 5.74) is 0.378. The van der Waals surface area contributed by atoms with Crippen LogP contribution in [0.2, 0.25) is 0 Å². The predicted molar refractivity (Wildman–Crippen MR) is 58.2 cm³/mol. The van der Waals surface area contributed by atoms with Gasteiger partial charge >= 0.3 is 0 Å². The average molecular weight is 197 g/mol. The molecule has 2 fully saturated rings. The lowest BCUT2D eigenvalue weighted by Crippen LogP contribution is -2.50. The van der Waals surface area contributed by atoms with Crippen LogP contribution in [0.25, 0.3) is 0 Å². The van der Waals surface area contributed by atoms with Crippen LogP contribution in [-0.4, -0.2) is 22.8 Å². The Morgan fingerprint density at radius 1 is 1.21 bits per heavy atom. The van der Waals surface area contributed by atoms with Gasteiger partial charge in [0.05, 0.1) is 6.10 Å². The summed E-state index contributed by atoms with van der Waals surface area (Å²) in [6.45, 7) is 4.57. The summed E-state index contributed by atoms with van der Waals surface area (Å²) < 4.78 is 0. The minimum atomic E-state index is -0.0972. The van der Waals surface area contributed by atoms with Gasteiger partial charge in [-0.25, -0.2) is 0 Å². The van der Waals surface area contributed by atoms with E-state index in [2.05, 4.69) is 19.2 Å². The molecule has 0 spiro atoms. The quantitative estimate of drug-likeness (QED) is 0.726. The van der Waals surface area contributed by atoms with Crippen molar-refractivity contribution in [3.05, 3.63) is 0 Å². The third-order valence-electron chi connectivity index (χ3n) is 4.10. The van der Waals surface area contributed by atoms with Crippen LogP contribution in [0.5, 0.6) is 0 Å². The lowest BCUT2D eigenvalue weighted by atomic mass is 9.90. The van der Waals surface area contributed by atoms with Crippen LogP contribution in [-0.2, 0) is 0 Å². The largest absolute Gasteiger partial charge is 0.392 e. The SMILES string of the molecule is CC(C)C1(N[C@@H]2CCCC[C@H]2O)CC1. The van der Waals surface area contributed by atoms with Crippen LogP contribution < -0.4 is 5.32 Å². The zero-order valence-electron chi connectivity index (χ0n) is 9.42. The van der Waals surface area contributed by atoms with Crippen molar-refractivity contribution in [2.75, 3.05) is 0 Å². The molecular formula is C12H23NO. The minimum absolute atomic E-state index is 0.0972. The second-order valence-corrected chi connectivity index (χ2v) is 5.41. The van der Waals surface area contributed by atoms with E-state index in [1.165, 1.54) is 25.7 Å². The highest BCUT2D eigenvalue weighted by atomic mass is 16.3.